The Hall–Kier alpha value is -4.72. The number of hydrogen-bond donors (Lipinski definition) is 0. The molecule has 5 aromatic rings. The van der Waals surface area contributed by atoms with Crippen molar-refractivity contribution in [1.82, 2.24) is 14.3 Å². The highest BCUT2D eigenvalue weighted by Gasteiger charge is 2.32. The fourth-order valence-corrected chi connectivity index (χ4v) is 5.50. The van der Waals surface area contributed by atoms with Crippen LogP contribution in [-0.4, -0.2) is 27.2 Å². The molecule has 0 bridgehead atoms. The third kappa shape index (κ3) is 4.90. The van der Waals surface area contributed by atoms with Crippen LogP contribution in [0, 0.1) is 17.7 Å². The van der Waals surface area contributed by atoms with Crippen LogP contribution in [0.2, 0.25) is 0 Å². The number of carbonyl (C=O) groups excluding carboxylic acids is 1. The van der Waals surface area contributed by atoms with Crippen LogP contribution >= 0.6 is 0 Å². The lowest BCUT2D eigenvalue weighted by atomic mass is 9.86. The molecule has 0 N–H and O–H groups in total. The van der Waals surface area contributed by atoms with Crippen molar-refractivity contribution in [3.8, 4) is 22.9 Å². The molecule has 3 aromatic carbocycles. The smallest absolute Gasteiger partial charge is 0.282 e. The van der Waals surface area contributed by atoms with E-state index < -0.39 is 5.82 Å². The first-order valence-electron chi connectivity index (χ1n) is 13.7. The normalized spacial score (nSPS) is 16.4. The van der Waals surface area contributed by atoms with E-state index in [1.54, 1.807) is 42.3 Å². The van der Waals surface area contributed by atoms with Gasteiger partial charge in [0.05, 0.1) is 24.0 Å². The molecule has 3 heterocycles. The van der Waals surface area contributed by atoms with Gasteiger partial charge in [-0.15, -0.1) is 0 Å². The third-order valence-electron chi connectivity index (χ3n) is 7.97. The molecule has 1 unspecified atom stereocenters. The van der Waals surface area contributed by atoms with Gasteiger partial charge in [-0.05, 0) is 66.3 Å². The maximum absolute atomic E-state index is 15.2. The van der Waals surface area contributed by atoms with Crippen molar-refractivity contribution in [2.45, 2.75) is 33.2 Å². The van der Waals surface area contributed by atoms with Gasteiger partial charge in [-0.1, -0.05) is 38.1 Å². The van der Waals surface area contributed by atoms with E-state index in [0.717, 1.165) is 5.69 Å². The first-order chi connectivity index (χ1) is 19.8. The second-order valence-electron chi connectivity index (χ2n) is 10.7. The standard InChI is InChI=1S/C33H30FN3O4/c1-20-15-28-32(33(39)37(36(28)19-21(20)2)23-7-5-4-6-8-23)29(38)17-22-9-12-31(26(34)16-22)41-30-13-14-35-27-18-24(40-3)10-11-25(27)30/h4-14,16,18,20-21H,15,17,19H2,1-3H3/t20?,21-/m0/s1. The van der Waals surface area contributed by atoms with Crippen LogP contribution in [0.1, 0.15) is 35.5 Å². The largest absolute Gasteiger partial charge is 0.497 e. The number of fused-ring (bicyclic) bond motifs is 2. The lowest BCUT2D eigenvalue weighted by Crippen LogP contribution is -2.30. The van der Waals surface area contributed by atoms with Crippen molar-refractivity contribution in [1.29, 1.82) is 0 Å². The van der Waals surface area contributed by atoms with Crippen molar-refractivity contribution >= 4 is 16.7 Å². The third-order valence-corrected chi connectivity index (χ3v) is 7.97. The molecule has 0 amide bonds. The van der Waals surface area contributed by atoms with Gasteiger partial charge in [0.1, 0.15) is 17.1 Å². The van der Waals surface area contributed by atoms with Gasteiger partial charge in [-0.25, -0.2) is 9.07 Å². The number of ether oxygens (including phenoxy) is 2. The first-order valence-corrected chi connectivity index (χ1v) is 13.7. The second-order valence-corrected chi connectivity index (χ2v) is 10.7. The quantitative estimate of drug-likeness (QED) is 0.220. The first kappa shape index (κ1) is 26.5. The minimum Gasteiger partial charge on any atom is -0.497 e. The van der Waals surface area contributed by atoms with Crippen LogP contribution in [0.3, 0.4) is 0 Å². The van der Waals surface area contributed by atoms with Crippen LogP contribution in [0.5, 0.6) is 17.2 Å². The molecule has 0 spiro atoms. The Morgan fingerprint density at radius 1 is 1.00 bits per heavy atom. The Labute approximate surface area is 236 Å². The number of pyridine rings is 1. The fraction of sp³-hybridized carbons (Fsp3) is 0.242. The van der Waals surface area contributed by atoms with Gasteiger partial charge >= 0.3 is 0 Å². The SMILES string of the molecule is COc1ccc2c(Oc3ccc(CC(=O)c4c5n(n(-c6ccccc6)c4=O)C[C@H](C)C(C)C5)cc3F)ccnc2c1. The highest BCUT2D eigenvalue weighted by atomic mass is 19.1. The predicted octanol–water partition coefficient (Wildman–Crippen LogP) is 6.38. The average Bonchev–Trinajstić information content (AvgIpc) is 3.25. The average molecular weight is 552 g/mol. The molecule has 0 saturated carbocycles. The number of benzene rings is 3. The zero-order valence-electron chi connectivity index (χ0n) is 23.1. The van der Waals surface area contributed by atoms with E-state index in [1.807, 2.05) is 41.1 Å². The summed E-state index contributed by atoms with van der Waals surface area (Å²) in [6.07, 6.45) is 2.12. The molecule has 6 rings (SSSR count). The Morgan fingerprint density at radius 2 is 1.80 bits per heavy atom. The van der Waals surface area contributed by atoms with Gasteiger partial charge in [0.2, 0.25) is 0 Å². The van der Waals surface area contributed by atoms with Gasteiger partial charge < -0.3 is 9.47 Å². The molecule has 0 radical (unpaired) electrons. The Balaban J connectivity index is 1.29. The highest BCUT2D eigenvalue weighted by Crippen LogP contribution is 2.33. The summed E-state index contributed by atoms with van der Waals surface area (Å²) in [5, 5.41) is 0.712. The number of Topliss-reactive ketones (excluding diaryl/α,β-unsaturated/α-hetero) is 1. The molecule has 7 nitrogen and oxygen atoms in total. The van der Waals surface area contributed by atoms with E-state index in [1.165, 1.54) is 12.1 Å². The van der Waals surface area contributed by atoms with E-state index in [9.17, 15) is 9.59 Å². The minimum atomic E-state index is -0.600. The topological polar surface area (TPSA) is 75.3 Å². The number of halogens is 1. The molecule has 41 heavy (non-hydrogen) atoms. The molecule has 1 aliphatic heterocycles. The van der Waals surface area contributed by atoms with Crippen molar-refractivity contribution in [2.24, 2.45) is 11.8 Å². The summed E-state index contributed by atoms with van der Waals surface area (Å²) in [6.45, 7) is 4.95. The van der Waals surface area contributed by atoms with Gasteiger partial charge in [-0.3, -0.25) is 19.3 Å². The van der Waals surface area contributed by atoms with E-state index in [4.69, 9.17) is 9.47 Å². The number of nitrogens with zero attached hydrogens (tertiary/aromatic N) is 3. The van der Waals surface area contributed by atoms with Crippen LogP contribution in [0.4, 0.5) is 4.39 Å². The summed E-state index contributed by atoms with van der Waals surface area (Å²) in [7, 11) is 1.58. The molecule has 208 valence electrons. The highest BCUT2D eigenvalue weighted by molar-refractivity contribution is 5.98. The Morgan fingerprint density at radius 3 is 2.56 bits per heavy atom. The van der Waals surface area contributed by atoms with Crippen molar-refractivity contribution in [3.05, 3.63) is 112 Å². The zero-order chi connectivity index (χ0) is 28.7. The van der Waals surface area contributed by atoms with E-state index in [2.05, 4.69) is 18.8 Å². The minimum absolute atomic E-state index is 0.0278. The molecule has 0 aliphatic carbocycles. The molecular formula is C33H30FN3O4. The zero-order valence-corrected chi connectivity index (χ0v) is 23.1. The Bertz CT molecular complexity index is 1830. The molecular weight excluding hydrogens is 521 g/mol. The second kappa shape index (κ2) is 10.7. The summed E-state index contributed by atoms with van der Waals surface area (Å²) in [6, 6.07) is 20.9. The van der Waals surface area contributed by atoms with Gasteiger partial charge in [0.15, 0.2) is 17.3 Å². The lowest BCUT2D eigenvalue weighted by molar-refractivity contribution is 0.0989. The number of hydrogen-bond acceptors (Lipinski definition) is 5. The predicted molar refractivity (Wildman–Crippen MR) is 155 cm³/mol. The number of carbonyl (C=O) groups is 1. The van der Waals surface area contributed by atoms with Gasteiger partial charge in [0, 0.05) is 30.6 Å². The van der Waals surface area contributed by atoms with Crippen LogP contribution in [0.25, 0.3) is 16.6 Å². The summed E-state index contributed by atoms with van der Waals surface area (Å²) in [4.78, 5) is 31.7. The van der Waals surface area contributed by atoms with Crippen molar-refractivity contribution in [3.63, 3.8) is 0 Å². The Kier molecular flexibility index (Phi) is 6.91. The molecule has 0 fully saturated rings. The summed E-state index contributed by atoms with van der Waals surface area (Å²) < 4.78 is 30.0. The van der Waals surface area contributed by atoms with E-state index >= 15 is 4.39 Å². The molecule has 0 saturated heterocycles. The lowest BCUT2D eigenvalue weighted by Gasteiger charge is -2.29. The number of rotatable bonds is 7. The van der Waals surface area contributed by atoms with Crippen LogP contribution < -0.4 is 15.0 Å². The van der Waals surface area contributed by atoms with Gasteiger partial charge in [-0.2, -0.15) is 0 Å². The molecule has 2 aromatic heterocycles. The number of ketones is 1. The fourth-order valence-electron chi connectivity index (χ4n) is 5.50. The number of aromatic nitrogens is 3. The maximum atomic E-state index is 15.2. The number of methoxy groups -OCH3 is 1. The monoisotopic (exact) mass is 551 g/mol. The van der Waals surface area contributed by atoms with Gasteiger partial charge in [0.25, 0.3) is 5.56 Å². The van der Waals surface area contributed by atoms with Crippen LogP contribution in [-0.2, 0) is 19.4 Å². The van der Waals surface area contributed by atoms with Crippen molar-refractivity contribution in [2.75, 3.05) is 7.11 Å². The molecule has 8 heteroatoms. The molecule has 2 atom stereocenters. The van der Waals surface area contributed by atoms with E-state index in [0.29, 0.717) is 58.5 Å². The molecule has 1 aliphatic rings. The summed E-state index contributed by atoms with van der Waals surface area (Å²) in [5.74, 6) is 0.895. The van der Waals surface area contributed by atoms with E-state index in [-0.39, 0.29) is 29.1 Å². The number of para-hydroxylation sites is 1. The summed E-state index contributed by atoms with van der Waals surface area (Å²) >= 11 is 0. The van der Waals surface area contributed by atoms with Crippen LogP contribution in [0.15, 0.2) is 83.8 Å². The summed E-state index contributed by atoms with van der Waals surface area (Å²) in [5.41, 5.74) is 2.44. The van der Waals surface area contributed by atoms with Crippen molar-refractivity contribution < 1.29 is 18.7 Å². The maximum Gasteiger partial charge on any atom is 0.282 e.